The molecule has 6 nitrogen and oxygen atoms in total. The molecular formula is C20H25N3O3. The van der Waals surface area contributed by atoms with Gasteiger partial charge in [0.05, 0.1) is 13.1 Å². The Bertz CT molecular complexity index is 714. The molecule has 1 heterocycles. The van der Waals surface area contributed by atoms with Crippen LogP contribution in [0.25, 0.3) is 0 Å². The minimum atomic E-state index is -0.364. The molecule has 26 heavy (non-hydrogen) atoms. The summed E-state index contributed by atoms with van der Waals surface area (Å²) in [5.74, 6) is 1.98. The second-order valence-corrected chi connectivity index (χ2v) is 7.94. The number of nitrogens with one attached hydrogen (secondary N) is 2. The first-order valence-corrected chi connectivity index (χ1v) is 9.49. The number of hydrogen-bond donors (Lipinski definition) is 2. The second-order valence-electron chi connectivity index (χ2n) is 7.94. The van der Waals surface area contributed by atoms with Crippen molar-refractivity contribution >= 4 is 17.8 Å². The molecule has 0 radical (unpaired) electrons. The lowest BCUT2D eigenvalue weighted by Gasteiger charge is -2.28. The Kier molecular flexibility index (Phi) is 4.42. The molecule has 6 heteroatoms. The standard InChI is InChI=1S/C20H25N3O3/c1-12(17-9-14-4-7-16(17)8-14)22-19(25)15-5-2-13(3-6-15)11-23-18(24)10-21-20(23)26/h2-3,5-6,12,14,16-17H,4,7-11H2,1H3,(H,21,26)(H,22,25). The fourth-order valence-electron chi connectivity index (χ4n) is 4.86. The molecule has 138 valence electrons. The normalized spacial score (nSPS) is 28.3. The van der Waals surface area contributed by atoms with Crippen LogP contribution in [0.2, 0.25) is 0 Å². The molecule has 2 saturated carbocycles. The van der Waals surface area contributed by atoms with Gasteiger partial charge in [-0.25, -0.2) is 4.79 Å². The number of hydrogen-bond acceptors (Lipinski definition) is 3. The summed E-state index contributed by atoms with van der Waals surface area (Å²) in [7, 11) is 0. The van der Waals surface area contributed by atoms with Crippen LogP contribution in [0.1, 0.15) is 48.5 Å². The molecule has 0 aromatic heterocycles. The number of carbonyl (C=O) groups is 3. The van der Waals surface area contributed by atoms with E-state index in [2.05, 4.69) is 17.6 Å². The summed E-state index contributed by atoms with van der Waals surface area (Å²) in [5.41, 5.74) is 1.44. The van der Waals surface area contributed by atoms with Gasteiger partial charge in [-0.2, -0.15) is 0 Å². The van der Waals surface area contributed by atoms with E-state index >= 15 is 0 Å². The summed E-state index contributed by atoms with van der Waals surface area (Å²) >= 11 is 0. The molecule has 0 spiro atoms. The van der Waals surface area contributed by atoms with E-state index in [1.807, 2.05) is 0 Å². The number of carbonyl (C=O) groups excluding carboxylic acids is 3. The van der Waals surface area contributed by atoms with Gasteiger partial charge in [0.15, 0.2) is 0 Å². The van der Waals surface area contributed by atoms with Crippen LogP contribution in [0, 0.1) is 17.8 Å². The molecule has 4 unspecified atom stereocenters. The Balaban J connectivity index is 1.35. The number of imide groups is 1. The zero-order valence-corrected chi connectivity index (χ0v) is 15.0. The molecule has 4 amide bonds. The fourth-order valence-corrected chi connectivity index (χ4v) is 4.86. The second kappa shape index (κ2) is 6.74. The monoisotopic (exact) mass is 355 g/mol. The predicted molar refractivity (Wildman–Crippen MR) is 96.3 cm³/mol. The van der Waals surface area contributed by atoms with Gasteiger partial charge in [-0.3, -0.25) is 14.5 Å². The highest BCUT2D eigenvalue weighted by atomic mass is 16.2. The summed E-state index contributed by atoms with van der Waals surface area (Å²) in [6.07, 6.45) is 5.26. The largest absolute Gasteiger partial charge is 0.349 e. The van der Waals surface area contributed by atoms with Crippen LogP contribution in [-0.4, -0.2) is 35.3 Å². The average Bonchev–Trinajstić information content (AvgIpc) is 3.34. The fraction of sp³-hybridized carbons (Fsp3) is 0.550. The third kappa shape index (κ3) is 3.20. The van der Waals surface area contributed by atoms with E-state index in [4.69, 9.17) is 0 Å². The lowest BCUT2D eigenvalue weighted by molar-refractivity contribution is -0.125. The number of fused-ring (bicyclic) bond motifs is 2. The number of rotatable bonds is 5. The van der Waals surface area contributed by atoms with Crippen molar-refractivity contribution in [2.24, 2.45) is 17.8 Å². The maximum atomic E-state index is 12.5. The van der Waals surface area contributed by atoms with E-state index in [0.29, 0.717) is 11.5 Å². The first-order chi connectivity index (χ1) is 12.5. The van der Waals surface area contributed by atoms with E-state index in [0.717, 1.165) is 17.4 Å². The van der Waals surface area contributed by atoms with Gasteiger partial charge in [-0.15, -0.1) is 0 Å². The maximum Gasteiger partial charge on any atom is 0.324 e. The molecule has 1 aromatic carbocycles. The predicted octanol–water partition coefficient (Wildman–Crippen LogP) is 2.29. The highest BCUT2D eigenvalue weighted by Gasteiger charge is 2.42. The van der Waals surface area contributed by atoms with Crippen molar-refractivity contribution in [3.05, 3.63) is 35.4 Å². The van der Waals surface area contributed by atoms with Gasteiger partial charge in [0.2, 0.25) is 5.91 Å². The van der Waals surface area contributed by atoms with Crippen molar-refractivity contribution in [3.8, 4) is 0 Å². The number of urea groups is 1. The van der Waals surface area contributed by atoms with Crippen molar-refractivity contribution in [1.82, 2.24) is 15.5 Å². The molecule has 4 rings (SSSR count). The molecular weight excluding hydrogens is 330 g/mol. The van der Waals surface area contributed by atoms with Crippen molar-refractivity contribution in [1.29, 1.82) is 0 Å². The van der Waals surface area contributed by atoms with Gasteiger partial charge in [0.1, 0.15) is 0 Å². The molecule has 2 N–H and O–H groups in total. The number of nitrogens with zero attached hydrogens (tertiary/aromatic N) is 1. The average molecular weight is 355 g/mol. The topological polar surface area (TPSA) is 78.5 Å². The number of amides is 4. The molecule has 1 saturated heterocycles. The Morgan fingerprint density at radius 1 is 1.23 bits per heavy atom. The third-order valence-corrected chi connectivity index (χ3v) is 6.29. The van der Waals surface area contributed by atoms with Crippen LogP contribution in [-0.2, 0) is 11.3 Å². The van der Waals surface area contributed by atoms with Crippen LogP contribution in [0.4, 0.5) is 4.79 Å². The van der Waals surface area contributed by atoms with Crippen LogP contribution in [0.3, 0.4) is 0 Å². The molecule has 4 atom stereocenters. The van der Waals surface area contributed by atoms with E-state index < -0.39 is 0 Å². The lowest BCUT2D eigenvalue weighted by Crippen LogP contribution is -2.40. The minimum Gasteiger partial charge on any atom is -0.349 e. The molecule has 2 aliphatic carbocycles. The Labute approximate surface area is 153 Å². The van der Waals surface area contributed by atoms with Crippen molar-refractivity contribution in [2.45, 2.75) is 45.2 Å². The zero-order valence-electron chi connectivity index (χ0n) is 15.0. The highest BCUT2D eigenvalue weighted by Crippen LogP contribution is 2.49. The summed E-state index contributed by atoms with van der Waals surface area (Å²) in [5, 5.41) is 5.66. The maximum absolute atomic E-state index is 12.5. The van der Waals surface area contributed by atoms with Crippen molar-refractivity contribution < 1.29 is 14.4 Å². The van der Waals surface area contributed by atoms with Gasteiger partial charge in [0, 0.05) is 11.6 Å². The molecule has 2 bridgehead atoms. The summed E-state index contributed by atoms with van der Waals surface area (Å²) in [6.45, 7) is 2.41. The highest BCUT2D eigenvalue weighted by molar-refractivity contribution is 6.01. The van der Waals surface area contributed by atoms with Crippen LogP contribution < -0.4 is 10.6 Å². The Morgan fingerprint density at radius 3 is 2.58 bits per heavy atom. The van der Waals surface area contributed by atoms with Gasteiger partial charge >= 0.3 is 6.03 Å². The lowest BCUT2D eigenvalue weighted by atomic mass is 9.84. The van der Waals surface area contributed by atoms with E-state index in [9.17, 15) is 14.4 Å². The number of benzene rings is 1. The van der Waals surface area contributed by atoms with Crippen LogP contribution in [0.15, 0.2) is 24.3 Å². The van der Waals surface area contributed by atoms with Crippen molar-refractivity contribution in [2.75, 3.05) is 6.54 Å². The van der Waals surface area contributed by atoms with Gasteiger partial charge in [-0.1, -0.05) is 18.6 Å². The Morgan fingerprint density at radius 2 is 2.00 bits per heavy atom. The summed E-state index contributed by atoms with van der Waals surface area (Å²) in [4.78, 5) is 37.0. The van der Waals surface area contributed by atoms with Gasteiger partial charge < -0.3 is 10.6 Å². The SMILES string of the molecule is CC(NC(=O)c1ccc(CN2C(=O)CNC2=O)cc1)C1CC2CCC1C2. The van der Waals surface area contributed by atoms with E-state index in [-0.39, 0.29) is 37.0 Å². The Hall–Kier alpha value is -2.37. The van der Waals surface area contributed by atoms with Gasteiger partial charge in [0.25, 0.3) is 5.91 Å². The van der Waals surface area contributed by atoms with Gasteiger partial charge in [-0.05, 0) is 61.6 Å². The van der Waals surface area contributed by atoms with E-state index in [1.54, 1.807) is 24.3 Å². The van der Waals surface area contributed by atoms with Crippen LogP contribution >= 0.6 is 0 Å². The first kappa shape index (κ1) is 17.1. The smallest absolute Gasteiger partial charge is 0.324 e. The summed E-state index contributed by atoms with van der Waals surface area (Å²) in [6, 6.07) is 6.96. The zero-order chi connectivity index (χ0) is 18.3. The minimum absolute atomic E-state index is 0.0539. The molecule has 1 aromatic rings. The van der Waals surface area contributed by atoms with Crippen LogP contribution in [0.5, 0.6) is 0 Å². The first-order valence-electron chi connectivity index (χ1n) is 9.49. The molecule has 3 aliphatic rings. The molecule has 3 fully saturated rings. The quantitative estimate of drug-likeness (QED) is 0.796. The summed E-state index contributed by atoms with van der Waals surface area (Å²) < 4.78 is 0. The third-order valence-electron chi connectivity index (χ3n) is 6.29. The molecule has 1 aliphatic heterocycles. The van der Waals surface area contributed by atoms with Crippen molar-refractivity contribution in [3.63, 3.8) is 0 Å². The van der Waals surface area contributed by atoms with E-state index in [1.165, 1.54) is 30.6 Å².